The summed E-state index contributed by atoms with van der Waals surface area (Å²) < 4.78 is 17.5. The Kier molecular flexibility index (Phi) is 5.04. The molecule has 2 aromatic rings. The molecule has 1 spiro atoms. The minimum Gasteiger partial charge on any atom is -0.478 e. The van der Waals surface area contributed by atoms with Gasteiger partial charge in [-0.25, -0.2) is 4.98 Å². The Hall–Kier alpha value is -1.85. The second-order valence-electron chi connectivity index (χ2n) is 7.06. The lowest BCUT2D eigenvalue weighted by Gasteiger charge is -2.42. The standard InChI is InChI=1S/C20H26N2O3/c1-2-10-21-19(5-1)24-14-6-17-7-15-25-20(17)8-11-22(12-9-20)16-18-4-3-13-23-18/h1-5,10,13,17H,6-9,11-12,14-16H2/t17-/m0/s1. The van der Waals surface area contributed by atoms with E-state index in [1.54, 1.807) is 12.5 Å². The summed E-state index contributed by atoms with van der Waals surface area (Å²) in [6.07, 6.45) is 7.89. The van der Waals surface area contributed by atoms with Crippen LogP contribution in [-0.4, -0.2) is 41.8 Å². The van der Waals surface area contributed by atoms with Crippen molar-refractivity contribution in [3.8, 4) is 5.88 Å². The third-order valence-corrected chi connectivity index (χ3v) is 5.62. The third-order valence-electron chi connectivity index (χ3n) is 5.62. The molecule has 134 valence electrons. The first-order valence-electron chi connectivity index (χ1n) is 9.27. The van der Waals surface area contributed by atoms with Crippen molar-refractivity contribution < 1.29 is 13.9 Å². The van der Waals surface area contributed by atoms with Gasteiger partial charge in [0.25, 0.3) is 0 Å². The monoisotopic (exact) mass is 342 g/mol. The van der Waals surface area contributed by atoms with Crippen LogP contribution in [0.4, 0.5) is 0 Å². The summed E-state index contributed by atoms with van der Waals surface area (Å²) in [6.45, 7) is 4.63. The van der Waals surface area contributed by atoms with E-state index in [4.69, 9.17) is 13.9 Å². The molecule has 2 saturated heterocycles. The van der Waals surface area contributed by atoms with Gasteiger partial charge in [-0.1, -0.05) is 6.07 Å². The van der Waals surface area contributed by atoms with Gasteiger partial charge in [0.1, 0.15) is 5.76 Å². The van der Waals surface area contributed by atoms with E-state index in [0.29, 0.717) is 18.4 Å². The fourth-order valence-corrected chi connectivity index (χ4v) is 4.20. The molecule has 0 unspecified atom stereocenters. The zero-order chi connectivity index (χ0) is 17.0. The first kappa shape index (κ1) is 16.6. The minimum absolute atomic E-state index is 0.0488. The Bertz CT molecular complexity index is 636. The summed E-state index contributed by atoms with van der Waals surface area (Å²) in [5.74, 6) is 2.34. The molecule has 0 radical (unpaired) electrons. The quantitative estimate of drug-likeness (QED) is 0.804. The lowest BCUT2D eigenvalue weighted by atomic mass is 9.78. The molecule has 25 heavy (non-hydrogen) atoms. The molecule has 0 aromatic carbocycles. The summed E-state index contributed by atoms with van der Waals surface area (Å²) >= 11 is 0. The van der Waals surface area contributed by atoms with Gasteiger partial charge >= 0.3 is 0 Å². The number of piperidine rings is 1. The molecule has 0 aliphatic carbocycles. The average Bonchev–Trinajstić information content (AvgIpc) is 3.29. The van der Waals surface area contributed by atoms with Gasteiger partial charge in [0.05, 0.1) is 25.0 Å². The molecule has 4 heterocycles. The molecular formula is C20H26N2O3. The molecule has 2 aromatic heterocycles. The lowest BCUT2D eigenvalue weighted by Crippen LogP contribution is -2.47. The SMILES string of the molecule is c1ccc(OCC[C@H]2CCOC23CCN(Cc2ccco2)CC3)nc1. The molecular weight excluding hydrogens is 316 g/mol. The van der Waals surface area contributed by atoms with Crippen LogP contribution in [0.15, 0.2) is 47.2 Å². The van der Waals surface area contributed by atoms with Crippen LogP contribution in [0.3, 0.4) is 0 Å². The number of aromatic nitrogens is 1. The molecule has 2 aliphatic rings. The van der Waals surface area contributed by atoms with E-state index in [0.717, 1.165) is 57.7 Å². The van der Waals surface area contributed by atoms with Crippen LogP contribution in [-0.2, 0) is 11.3 Å². The zero-order valence-corrected chi connectivity index (χ0v) is 14.6. The molecule has 4 rings (SSSR count). The maximum absolute atomic E-state index is 6.26. The highest BCUT2D eigenvalue weighted by atomic mass is 16.5. The summed E-state index contributed by atoms with van der Waals surface area (Å²) in [4.78, 5) is 6.69. The number of furan rings is 1. The number of likely N-dealkylation sites (tertiary alicyclic amines) is 1. The normalized spacial score (nSPS) is 23.1. The van der Waals surface area contributed by atoms with Crippen molar-refractivity contribution in [2.75, 3.05) is 26.3 Å². The highest BCUT2D eigenvalue weighted by Crippen LogP contribution is 2.42. The Morgan fingerprint density at radius 1 is 1.20 bits per heavy atom. The smallest absolute Gasteiger partial charge is 0.213 e. The second kappa shape index (κ2) is 7.58. The third kappa shape index (κ3) is 3.88. The van der Waals surface area contributed by atoms with Crippen LogP contribution in [0.2, 0.25) is 0 Å². The number of ether oxygens (including phenoxy) is 2. The van der Waals surface area contributed by atoms with Crippen molar-refractivity contribution in [1.82, 2.24) is 9.88 Å². The van der Waals surface area contributed by atoms with Crippen molar-refractivity contribution >= 4 is 0 Å². The van der Waals surface area contributed by atoms with Crippen molar-refractivity contribution in [1.29, 1.82) is 0 Å². The topological polar surface area (TPSA) is 47.7 Å². The Balaban J connectivity index is 1.27. The number of pyridine rings is 1. The predicted molar refractivity (Wildman–Crippen MR) is 94.4 cm³/mol. The van der Waals surface area contributed by atoms with Crippen molar-refractivity contribution in [2.45, 2.75) is 37.8 Å². The molecule has 0 bridgehead atoms. The van der Waals surface area contributed by atoms with E-state index in [2.05, 4.69) is 9.88 Å². The Labute approximate surface area is 148 Å². The molecule has 5 heteroatoms. The van der Waals surface area contributed by atoms with E-state index < -0.39 is 0 Å². The van der Waals surface area contributed by atoms with Crippen molar-refractivity contribution in [2.24, 2.45) is 5.92 Å². The maximum Gasteiger partial charge on any atom is 0.213 e. The summed E-state index contributed by atoms with van der Waals surface area (Å²) in [7, 11) is 0. The average molecular weight is 342 g/mol. The van der Waals surface area contributed by atoms with E-state index in [-0.39, 0.29) is 5.60 Å². The van der Waals surface area contributed by atoms with Crippen LogP contribution in [0, 0.1) is 5.92 Å². The van der Waals surface area contributed by atoms with Crippen LogP contribution in [0.1, 0.15) is 31.4 Å². The Morgan fingerprint density at radius 3 is 2.88 bits per heavy atom. The molecule has 5 nitrogen and oxygen atoms in total. The fraction of sp³-hybridized carbons (Fsp3) is 0.550. The van der Waals surface area contributed by atoms with Crippen LogP contribution in [0.5, 0.6) is 5.88 Å². The van der Waals surface area contributed by atoms with Crippen LogP contribution in [0.25, 0.3) is 0 Å². The second-order valence-corrected chi connectivity index (χ2v) is 7.06. The fourth-order valence-electron chi connectivity index (χ4n) is 4.20. The van der Waals surface area contributed by atoms with Gasteiger partial charge in [0, 0.05) is 32.0 Å². The zero-order valence-electron chi connectivity index (χ0n) is 14.6. The van der Waals surface area contributed by atoms with Gasteiger partial charge < -0.3 is 13.9 Å². The van der Waals surface area contributed by atoms with Crippen molar-refractivity contribution in [3.63, 3.8) is 0 Å². The summed E-state index contributed by atoms with van der Waals surface area (Å²) in [5.41, 5.74) is 0.0488. The van der Waals surface area contributed by atoms with Crippen LogP contribution >= 0.6 is 0 Å². The number of nitrogens with zero attached hydrogens (tertiary/aromatic N) is 2. The molecule has 1 atom stereocenters. The van der Waals surface area contributed by atoms with Gasteiger partial charge in [-0.15, -0.1) is 0 Å². The van der Waals surface area contributed by atoms with E-state index >= 15 is 0 Å². The molecule has 2 aliphatic heterocycles. The summed E-state index contributed by atoms with van der Waals surface area (Å²) in [5, 5.41) is 0. The van der Waals surface area contributed by atoms with Gasteiger partial charge in [0.2, 0.25) is 5.88 Å². The Morgan fingerprint density at radius 2 is 2.12 bits per heavy atom. The first-order chi connectivity index (χ1) is 12.3. The minimum atomic E-state index is 0.0488. The van der Waals surface area contributed by atoms with E-state index in [1.165, 1.54) is 0 Å². The molecule has 0 N–H and O–H groups in total. The maximum atomic E-state index is 6.26. The van der Waals surface area contributed by atoms with E-state index in [1.807, 2.05) is 30.3 Å². The molecule has 0 saturated carbocycles. The van der Waals surface area contributed by atoms with Crippen LogP contribution < -0.4 is 4.74 Å². The summed E-state index contributed by atoms with van der Waals surface area (Å²) in [6, 6.07) is 9.78. The highest BCUT2D eigenvalue weighted by Gasteiger charge is 2.45. The van der Waals surface area contributed by atoms with Gasteiger partial charge in [-0.3, -0.25) is 4.90 Å². The van der Waals surface area contributed by atoms with Gasteiger partial charge in [-0.05, 0) is 49.8 Å². The number of hydrogen-bond acceptors (Lipinski definition) is 5. The molecule has 0 amide bonds. The molecule has 2 fully saturated rings. The lowest BCUT2D eigenvalue weighted by molar-refractivity contribution is -0.0716. The van der Waals surface area contributed by atoms with Gasteiger partial charge in [-0.2, -0.15) is 0 Å². The first-order valence-corrected chi connectivity index (χ1v) is 9.27. The van der Waals surface area contributed by atoms with Crippen molar-refractivity contribution in [3.05, 3.63) is 48.6 Å². The number of rotatable bonds is 6. The van der Waals surface area contributed by atoms with Gasteiger partial charge in [0.15, 0.2) is 0 Å². The van der Waals surface area contributed by atoms with E-state index in [9.17, 15) is 0 Å². The largest absolute Gasteiger partial charge is 0.478 e. The predicted octanol–water partition coefficient (Wildman–Crippen LogP) is 3.51. The number of hydrogen-bond donors (Lipinski definition) is 0. The highest BCUT2D eigenvalue weighted by molar-refractivity contribution is 5.09.